The number of hydrogen-bond donors (Lipinski definition) is 2. The van der Waals surface area contributed by atoms with Gasteiger partial charge in [-0.3, -0.25) is 4.98 Å². The van der Waals surface area contributed by atoms with E-state index in [1.54, 1.807) is 24.5 Å². The van der Waals surface area contributed by atoms with Crippen LogP contribution in [0, 0.1) is 0 Å². The Hall–Kier alpha value is -2.95. The highest BCUT2D eigenvalue weighted by molar-refractivity contribution is 5.85. The fourth-order valence-electron chi connectivity index (χ4n) is 2.06. The number of nitrogens with zero attached hydrogens (tertiary/aromatic N) is 3. The van der Waals surface area contributed by atoms with Crippen molar-refractivity contribution in [2.75, 3.05) is 11.5 Å². The average molecular weight is 263 g/mol. The van der Waals surface area contributed by atoms with Crippen LogP contribution in [0.1, 0.15) is 0 Å². The first-order valence-corrected chi connectivity index (χ1v) is 6.12. The van der Waals surface area contributed by atoms with Gasteiger partial charge in [0.2, 0.25) is 0 Å². The minimum absolute atomic E-state index is 0.601. The fraction of sp³-hybridized carbons (Fsp3) is 0. The van der Waals surface area contributed by atoms with Crippen molar-refractivity contribution >= 4 is 11.4 Å². The van der Waals surface area contributed by atoms with Crippen LogP contribution in [0.15, 0.2) is 55.1 Å². The van der Waals surface area contributed by atoms with Crippen LogP contribution in [0.4, 0.5) is 11.4 Å². The van der Waals surface area contributed by atoms with E-state index in [-0.39, 0.29) is 0 Å². The minimum Gasteiger partial charge on any atom is -0.398 e. The molecule has 0 aliphatic heterocycles. The van der Waals surface area contributed by atoms with Gasteiger partial charge in [-0.25, -0.2) is 9.97 Å². The first-order valence-electron chi connectivity index (χ1n) is 6.12. The Kier molecular flexibility index (Phi) is 3.01. The van der Waals surface area contributed by atoms with E-state index in [9.17, 15) is 0 Å². The van der Waals surface area contributed by atoms with Crippen LogP contribution in [0.5, 0.6) is 0 Å². The van der Waals surface area contributed by atoms with Crippen molar-refractivity contribution in [1.82, 2.24) is 15.0 Å². The minimum atomic E-state index is 0.601. The van der Waals surface area contributed by atoms with Gasteiger partial charge in [0, 0.05) is 34.9 Å². The fourth-order valence-corrected chi connectivity index (χ4v) is 2.06. The molecule has 2 aromatic heterocycles. The molecule has 0 saturated carbocycles. The van der Waals surface area contributed by atoms with Crippen molar-refractivity contribution < 1.29 is 0 Å². The standard InChI is InChI=1S/C15H13N5/c16-11-2-1-3-12(17)15(11)14-8-13(19-9-20-14)10-4-6-18-7-5-10/h1-9H,16-17H2. The third-order valence-corrected chi connectivity index (χ3v) is 3.03. The lowest BCUT2D eigenvalue weighted by Gasteiger charge is -2.09. The molecule has 2 heterocycles. The molecular weight excluding hydrogens is 250 g/mol. The zero-order chi connectivity index (χ0) is 13.9. The Bertz CT molecular complexity index is 720. The summed E-state index contributed by atoms with van der Waals surface area (Å²) in [6.45, 7) is 0. The lowest BCUT2D eigenvalue weighted by molar-refractivity contribution is 1.17. The van der Waals surface area contributed by atoms with Crippen molar-refractivity contribution in [3.63, 3.8) is 0 Å². The van der Waals surface area contributed by atoms with Crippen molar-refractivity contribution in [2.45, 2.75) is 0 Å². The molecule has 0 saturated heterocycles. The number of aromatic nitrogens is 3. The summed E-state index contributed by atoms with van der Waals surface area (Å²) in [5.74, 6) is 0. The molecule has 1 aromatic carbocycles. The van der Waals surface area contributed by atoms with E-state index < -0.39 is 0 Å². The van der Waals surface area contributed by atoms with E-state index in [0.29, 0.717) is 17.1 Å². The Morgan fingerprint density at radius 3 is 2.15 bits per heavy atom. The van der Waals surface area contributed by atoms with Gasteiger partial charge in [0.25, 0.3) is 0 Å². The quantitative estimate of drug-likeness (QED) is 0.693. The van der Waals surface area contributed by atoms with Crippen molar-refractivity contribution in [2.24, 2.45) is 0 Å². The van der Waals surface area contributed by atoms with Gasteiger partial charge in [-0.15, -0.1) is 0 Å². The number of nitrogen functional groups attached to an aromatic ring is 2. The molecule has 5 heteroatoms. The highest BCUT2D eigenvalue weighted by Gasteiger charge is 2.10. The molecule has 0 bridgehead atoms. The number of rotatable bonds is 2. The summed E-state index contributed by atoms with van der Waals surface area (Å²) in [5, 5.41) is 0. The molecule has 0 spiro atoms. The summed E-state index contributed by atoms with van der Waals surface area (Å²) < 4.78 is 0. The van der Waals surface area contributed by atoms with Gasteiger partial charge in [0.15, 0.2) is 0 Å². The van der Waals surface area contributed by atoms with Gasteiger partial charge in [-0.05, 0) is 30.3 Å². The highest BCUT2D eigenvalue weighted by atomic mass is 14.8. The summed E-state index contributed by atoms with van der Waals surface area (Å²) in [7, 11) is 0. The SMILES string of the molecule is Nc1cccc(N)c1-c1cc(-c2ccncc2)ncn1. The molecule has 0 aliphatic carbocycles. The van der Waals surface area contributed by atoms with Gasteiger partial charge in [0.1, 0.15) is 6.33 Å². The number of nitrogens with two attached hydrogens (primary N) is 2. The average Bonchev–Trinajstić information content (AvgIpc) is 2.48. The molecule has 4 N–H and O–H groups in total. The van der Waals surface area contributed by atoms with Crippen molar-refractivity contribution in [3.8, 4) is 22.5 Å². The first kappa shape index (κ1) is 12.1. The maximum atomic E-state index is 5.99. The van der Waals surface area contributed by atoms with E-state index in [2.05, 4.69) is 15.0 Å². The highest BCUT2D eigenvalue weighted by Crippen LogP contribution is 2.31. The summed E-state index contributed by atoms with van der Waals surface area (Å²) >= 11 is 0. The van der Waals surface area contributed by atoms with Crippen LogP contribution in [0.25, 0.3) is 22.5 Å². The Morgan fingerprint density at radius 1 is 0.800 bits per heavy atom. The van der Waals surface area contributed by atoms with Crippen molar-refractivity contribution in [1.29, 1.82) is 0 Å². The van der Waals surface area contributed by atoms with Crippen LogP contribution in [-0.4, -0.2) is 15.0 Å². The summed E-state index contributed by atoms with van der Waals surface area (Å²) in [6, 6.07) is 11.1. The van der Waals surface area contributed by atoms with Gasteiger partial charge >= 0.3 is 0 Å². The van der Waals surface area contributed by atoms with Crippen LogP contribution < -0.4 is 11.5 Å². The molecule has 20 heavy (non-hydrogen) atoms. The van der Waals surface area contributed by atoms with Gasteiger partial charge in [-0.2, -0.15) is 0 Å². The van der Waals surface area contributed by atoms with Crippen molar-refractivity contribution in [3.05, 3.63) is 55.1 Å². The van der Waals surface area contributed by atoms with E-state index >= 15 is 0 Å². The maximum absolute atomic E-state index is 5.99. The summed E-state index contributed by atoms with van der Waals surface area (Å²) in [6.07, 6.45) is 4.96. The van der Waals surface area contributed by atoms with Crippen LogP contribution >= 0.6 is 0 Å². The molecule has 98 valence electrons. The Morgan fingerprint density at radius 2 is 1.45 bits per heavy atom. The largest absolute Gasteiger partial charge is 0.398 e. The predicted molar refractivity (Wildman–Crippen MR) is 79.5 cm³/mol. The van der Waals surface area contributed by atoms with Crippen LogP contribution in [-0.2, 0) is 0 Å². The van der Waals surface area contributed by atoms with Crippen LogP contribution in [0.2, 0.25) is 0 Å². The summed E-state index contributed by atoms with van der Waals surface area (Å²) in [4.78, 5) is 12.5. The second-order valence-corrected chi connectivity index (χ2v) is 4.34. The van der Waals surface area contributed by atoms with E-state index in [1.165, 1.54) is 6.33 Å². The zero-order valence-electron chi connectivity index (χ0n) is 10.7. The maximum Gasteiger partial charge on any atom is 0.116 e. The molecule has 0 atom stereocenters. The molecule has 3 aromatic rings. The number of hydrogen-bond acceptors (Lipinski definition) is 5. The summed E-state index contributed by atoms with van der Waals surface area (Å²) in [5.41, 5.74) is 16.4. The van der Waals surface area contributed by atoms with Crippen LogP contribution in [0.3, 0.4) is 0 Å². The number of benzene rings is 1. The second-order valence-electron chi connectivity index (χ2n) is 4.34. The smallest absolute Gasteiger partial charge is 0.116 e. The molecule has 0 unspecified atom stereocenters. The van der Waals surface area contributed by atoms with Gasteiger partial charge in [-0.1, -0.05) is 6.07 Å². The number of pyridine rings is 1. The monoisotopic (exact) mass is 263 g/mol. The third-order valence-electron chi connectivity index (χ3n) is 3.03. The van der Waals surface area contributed by atoms with E-state index in [1.807, 2.05) is 24.3 Å². The predicted octanol–water partition coefficient (Wildman–Crippen LogP) is 2.37. The topological polar surface area (TPSA) is 90.7 Å². The van der Waals surface area contributed by atoms with E-state index in [0.717, 1.165) is 16.8 Å². The molecular formula is C15H13N5. The Balaban J connectivity index is 2.13. The lowest BCUT2D eigenvalue weighted by Crippen LogP contribution is -1.98. The first-order chi connectivity index (χ1) is 9.75. The zero-order valence-corrected chi connectivity index (χ0v) is 10.7. The third kappa shape index (κ3) is 2.16. The normalized spacial score (nSPS) is 10.4. The molecule has 0 aliphatic rings. The molecule has 0 fully saturated rings. The molecule has 0 amide bonds. The van der Waals surface area contributed by atoms with Gasteiger partial charge in [0.05, 0.1) is 11.4 Å². The molecule has 3 rings (SSSR count). The lowest BCUT2D eigenvalue weighted by atomic mass is 10.1. The number of anilines is 2. The second kappa shape index (κ2) is 4.97. The molecule has 5 nitrogen and oxygen atoms in total. The van der Waals surface area contributed by atoms with Gasteiger partial charge < -0.3 is 11.5 Å². The molecule has 0 radical (unpaired) electrons. The van der Waals surface area contributed by atoms with E-state index in [4.69, 9.17) is 11.5 Å². The Labute approximate surface area is 116 Å².